The van der Waals surface area contributed by atoms with E-state index in [0.717, 1.165) is 5.56 Å². The first-order valence-corrected chi connectivity index (χ1v) is 6.30. The van der Waals surface area contributed by atoms with Crippen LogP contribution in [0.4, 0.5) is 0 Å². The number of aromatic amines is 1. The molecule has 0 amide bonds. The Labute approximate surface area is 120 Å². The topological polar surface area (TPSA) is 58.6 Å². The SMILES string of the molecule is Cc1cc(=O)[nH]c(SCc2ccncc2Cl)n1.Cl. The molecule has 0 radical (unpaired) electrons. The first-order chi connectivity index (χ1) is 8.15. The van der Waals surface area contributed by atoms with E-state index in [2.05, 4.69) is 15.0 Å². The fourth-order valence-corrected chi connectivity index (χ4v) is 2.48. The van der Waals surface area contributed by atoms with Crippen molar-refractivity contribution in [3.05, 3.63) is 51.2 Å². The molecule has 0 unspecified atom stereocenters. The van der Waals surface area contributed by atoms with Crippen LogP contribution in [-0.2, 0) is 5.75 Å². The summed E-state index contributed by atoms with van der Waals surface area (Å²) in [5, 5.41) is 1.22. The Hall–Kier alpha value is -1.04. The molecule has 0 saturated heterocycles. The van der Waals surface area contributed by atoms with E-state index in [0.29, 0.717) is 21.6 Å². The van der Waals surface area contributed by atoms with Crippen molar-refractivity contribution in [2.24, 2.45) is 0 Å². The van der Waals surface area contributed by atoms with Crippen molar-refractivity contribution < 1.29 is 0 Å². The van der Waals surface area contributed by atoms with E-state index in [1.54, 1.807) is 19.3 Å². The molecule has 0 atom stereocenters. The van der Waals surface area contributed by atoms with Gasteiger partial charge >= 0.3 is 0 Å². The van der Waals surface area contributed by atoms with Crippen LogP contribution in [0.25, 0.3) is 0 Å². The molecule has 2 rings (SSSR count). The Bertz CT molecular complexity index is 588. The minimum Gasteiger partial charge on any atom is -0.301 e. The molecule has 0 spiro atoms. The lowest BCUT2D eigenvalue weighted by atomic mass is 10.3. The fourth-order valence-electron chi connectivity index (χ4n) is 1.29. The van der Waals surface area contributed by atoms with Gasteiger partial charge in [-0.3, -0.25) is 9.78 Å². The van der Waals surface area contributed by atoms with E-state index in [9.17, 15) is 4.79 Å². The van der Waals surface area contributed by atoms with E-state index in [4.69, 9.17) is 11.6 Å². The number of pyridine rings is 1. The largest absolute Gasteiger partial charge is 0.301 e. The zero-order chi connectivity index (χ0) is 12.3. The van der Waals surface area contributed by atoms with Gasteiger partial charge in [-0.05, 0) is 18.6 Å². The van der Waals surface area contributed by atoms with Gasteiger partial charge in [-0.15, -0.1) is 12.4 Å². The van der Waals surface area contributed by atoms with Crippen molar-refractivity contribution in [1.29, 1.82) is 0 Å². The second kappa shape index (κ2) is 6.78. The summed E-state index contributed by atoms with van der Waals surface area (Å²) in [6.07, 6.45) is 3.29. The first kappa shape index (κ1) is 15.0. The molecule has 2 heterocycles. The Balaban J connectivity index is 0.00000162. The Morgan fingerprint density at radius 1 is 1.50 bits per heavy atom. The van der Waals surface area contributed by atoms with Crippen LogP contribution in [0.15, 0.2) is 34.5 Å². The molecule has 2 aromatic heterocycles. The van der Waals surface area contributed by atoms with Crippen LogP contribution < -0.4 is 5.56 Å². The number of rotatable bonds is 3. The van der Waals surface area contributed by atoms with Crippen LogP contribution in [0, 0.1) is 6.92 Å². The van der Waals surface area contributed by atoms with E-state index >= 15 is 0 Å². The third-order valence-corrected chi connectivity index (χ3v) is 3.33. The molecule has 1 N–H and O–H groups in total. The lowest BCUT2D eigenvalue weighted by Gasteiger charge is -2.03. The quantitative estimate of drug-likeness (QED) is 0.700. The molecule has 0 saturated carbocycles. The maximum atomic E-state index is 11.2. The van der Waals surface area contributed by atoms with E-state index in [-0.39, 0.29) is 18.0 Å². The van der Waals surface area contributed by atoms with Crippen LogP contribution in [0.5, 0.6) is 0 Å². The zero-order valence-electron chi connectivity index (χ0n) is 9.51. The zero-order valence-corrected chi connectivity index (χ0v) is 11.9. The molecular weight excluding hydrogens is 293 g/mol. The van der Waals surface area contributed by atoms with E-state index in [1.165, 1.54) is 17.8 Å². The van der Waals surface area contributed by atoms with Crippen LogP contribution >= 0.6 is 35.8 Å². The summed E-state index contributed by atoms with van der Waals surface area (Å²) in [4.78, 5) is 22.1. The van der Waals surface area contributed by atoms with Gasteiger partial charge in [-0.2, -0.15) is 0 Å². The molecule has 4 nitrogen and oxygen atoms in total. The number of thioether (sulfide) groups is 1. The molecule has 96 valence electrons. The predicted molar refractivity (Wildman–Crippen MR) is 75.7 cm³/mol. The number of nitrogens with zero attached hydrogens (tertiary/aromatic N) is 2. The number of halogens is 2. The smallest absolute Gasteiger partial charge is 0.251 e. The van der Waals surface area contributed by atoms with Crippen molar-refractivity contribution in [3.63, 3.8) is 0 Å². The molecule has 0 aliphatic heterocycles. The third kappa shape index (κ3) is 4.01. The molecular formula is C11H11Cl2N3OS. The van der Waals surface area contributed by atoms with Gasteiger partial charge in [0.15, 0.2) is 5.16 Å². The highest BCUT2D eigenvalue weighted by molar-refractivity contribution is 7.98. The standard InChI is InChI=1S/C11H10ClN3OS.ClH/c1-7-4-10(16)15-11(14-7)17-6-8-2-3-13-5-9(8)12;/h2-5H,6H2,1H3,(H,14,15,16);1H. The van der Waals surface area contributed by atoms with Gasteiger partial charge in [0.2, 0.25) is 0 Å². The fraction of sp³-hybridized carbons (Fsp3) is 0.182. The molecule has 0 aliphatic rings. The number of nitrogens with one attached hydrogen (secondary N) is 1. The maximum absolute atomic E-state index is 11.2. The van der Waals surface area contributed by atoms with Crippen molar-refractivity contribution in [1.82, 2.24) is 15.0 Å². The Kier molecular flexibility index (Phi) is 5.65. The average Bonchev–Trinajstić information content (AvgIpc) is 2.27. The molecule has 7 heteroatoms. The summed E-state index contributed by atoms with van der Waals surface area (Å²) >= 11 is 7.42. The Morgan fingerprint density at radius 3 is 2.94 bits per heavy atom. The molecule has 2 aromatic rings. The van der Waals surface area contributed by atoms with Crippen LogP contribution in [-0.4, -0.2) is 15.0 Å². The van der Waals surface area contributed by atoms with Gasteiger partial charge in [0.25, 0.3) is 5.56 Å². The lowest BCUT2D eigenvalue weighted by Crippen LogP contribution is -2.08. The number of aryl methyl sites for hydroxylation is 1. The average molecular weight is 304 g/mol. The molecule has 0 bridgehead atoms. The van der Waals surface area contributed by atoms with E-state index in [1.807, 2.05) is 6.07 Å². The minimum atomic E-state index is -0.138. The molecule has 18 heavy (non-hydrogen) atoms. The monoisotopic (exact) mass is 303 g/mol. The second-order valence-electron chi connectivity index (χ2n) is 3.45. The molecule has 0 aliphatic carbocycles. The molecule has 0 aromatic carbocycles. The number of hydrogen-bond acceptors (Lipinski definition) is 4. The van der Waals surface area contributed by atoms with Crippen molar-refractivity contribution >= 4 is 35.8 Å². The van der Waals surface area contributed by atoms with Crippen LogP contribution in [0.1, 0.15) is 11.3 Å². The van der Waals surface area contributed by atoms with Gasteiger partial charge in [-0.25, -0.2) is 4.98 Å². The van der Waals surface area contributed by atoms with Crippen molar-refractivity contribution in [2.75, 3.05) is 0 Å². The second-order valence-corrected chi connectivity index (χ2v) is 4.82. The summed E-state index contributed by atoms with van der Waals surface area (Å²) in [5.74, 6) is 0.647. The summed E-state index contributed by atoms with van der Waals surface area (Å²) in [6.45, 7) is 1.79. The van der Waals surface area contributed by atoms with Gasteiger partial charge in [0, 0.05) is 29.9 Å². The number of aromatic nitrogens is 3. The minimum absolute atomic E-state index is 0. The van der Waals surface area contributed by atoms with E-state index < -0.39 is 0 Å². The first-order valence-electron chi connectivity index (χ1n) is 4.94. The van der Waals surface area contributed by atoms with Crippen molar-refractivity contribution in [2.45, 2.75) is 17.8 Å². The lowest BCUT2D eigenvalue weighted by molar-refractivity contribution is 0.905. The third-order valence-electron chi connectivity index (χ3n) is 2.07. The summed E-state index contributed by atoms with van der Waals surface area (Å²) in [5.41, 5.74) is 1.54. The van der Waals surface area contributed by atoms with Crippen LogP contribution in [0.2, 0.25) is 5.02 Å². The summed E-state index contributed by atoms with van der Waals surface area (Å²) < 4.78 is 0. The number of hydrogen-bond donors (Lipinski definition) is 1. The van der Waals surface area contributed by atoms with Gasteiger partial charge < -0.3 is 4.98 Å². The van der Waals surface area contributed by atoms with Crippen molar-refractivity contribution in [3.8, 4) is 0 Å². The van der Waals surface area contributed by atoms with Crippen LogP contribution in [0.3, 0.4) is 0 Å². The highest BCUT2D eigenvalue weighted by Gasteiger charge is 2.03. The summed E-state index contributed by atoms with van der Waals surface area (Å²) in [6, 6.07) is 3.31. The highest BCUT2D eigenvalue weighted by Crippen LogP contribution is 2.23. The van der Waals surface area contributed by atoms with Gasteiger partial charge in [-0.1, -0.05) is 23.4 Å². The number of H-pyrrole nitrogens is 1. The Morgan fingerprint density at radius 2 is 2.28 bits per heavy atom. The maximum Gasteiger partial charge on any atom is 0.251 e. The van der Waals surface area contributed by atoms with Gasteiger partial charge in [0.05, 0.1) is 5.02 Å². The normalized spacial score (nSPS) is 9.89. The predicted octanol–water partition coefficient (Wildman–Crippen LogP) is 2.84. The molecule has 0 fully saturated rings. The summed E-state index contributed by atoms with van der Waals surface area (Å²) in [7, 11) is 0. The highest BCUT2D eigenvalue weighted by atomic mass is 35.5. The van der Waals surface area contributed by atoms with Gasteiger partial charge in [0.1, 0.15) is 0 Å².